The van der Waals surface area contributed by atoms with Crippen LogP contribution >= 0.6 is 0 Å². The summed E-state index contributed by atoms with van der Waals surface area (Å²) in [6, 6.07) is 4.14. The van der Waals surface area contributed by atoms with Crippen LogP contribution in [0.4, 0.5) is 0 Å². The minimum atomic E-state index is 0.136. The number of aryl methyl sites for hydroxylation is 2. The molecule has 0 spiro atoms. The number of amides is 1. The van der Waals surface area contributed by atoms with Gasteiger partial charge in [-0.25, -0.2) is 0 Å². The molecule has 4 nitrogen and oxygen atoms in total. The van der Waals surface area contributed by atoms with Crippen LogP contribution in [0.15, 0.2) is 12.1 Å². The molecule has 0 atom stereocenters. The molecule has 19 heavy (non-hydrogen) atoms. The summed E-state index contributed by atoms with van der Waals surface area (Å²) in [7, 11) is 3.51. The third kappa shape index (κ3) is 4.24. The highest BCUT2D eigenvalue weighted by atomic mass is 16.5. The van der Waals surface area contributed by atoms with Gasteiger partial charge >= 0.3 is 0 Å². The predicted molar refractivity (Wildman–Crippen MR) is 77.2 cm³/mol. The molecule has 1 aromatic carbocycles. The molecule has 1 amide bonds. The lowest BCUT2D eigenvalue weighted by atomic mass is 10.1. The molecule has 0 fully saturated rings. The summed E-state index contributed by atoms with van der Waals surface area (Å²) in [6.07, 6.45) is 1.25. The SMILES string of the molecule is COc1c(C)cc(CN(C)C(=O)CCCN)cc1C. The van der Waals surface area contributed by atoms with E-state index >= 15 is 0 Å². The van der Waals surface area contributed by atoms with Gasteiger partial charge in [-0.3, -0.25) is 4.79 Å². The number of hydrogen-bond donors (Lipinski definition) is 1. The molecule has 1 aromatic rings. The first-order valence-electron chi connectivity index (χ1n) is 6.57. The lowest BCUT2D eigenvalue weighted by molar-refractivity contribution is -0.130. The summed E-state index contributed by atoms with van der Waals surface area (Å²) in [5, 5.41) is 0. The van der Waals surface area contributed by atoms with Crippen LogP contribution in [-0.2, 0) is 11.3 Å². The van der Waals surface area contributed by atoms with E-state index in [0.717, 1.165) is 28.9 Å². The molecule has 4 heteroatoms. The summed E-state index contributed by atoms with van der Waals surface area (Å²) >= 11 is 0. The Balaban J connectivity index is 2.74. The topological polar surface area (TPSA) is 55.6 Å². The summed E-state index contributed by atoms with van der Waals surface area (Å²) < 4.78 is 5.34. The molecule has 0 bridgehead atoms. The van der Waals surface area contributed by atoms with E-state index in [2.05, 4.69) is 12.1 Å². The third-order valence-corrected chi connectivity index (χ3v) is 3.16. The molecule has 1 rings (SSSR count). The molecule has 0 saturated carbocycles. The third-order valence-electron chi connectivity index (χ3n) is 3.16. The molecule has 0 saturated heterocycles. The second kappa shape index (κ2) is 7.14. The van der Waals surface area contributed by atoms with Crippen molar-refractivity contribution >= 4 is 5.91 Å². The maximum Gasteiger partial charge on any atom is 0.222 e. The lowest BCUT2D eigenvalue weighted by Crippen LogP contribution is -2.26. The largest absolute Gasteiger partial charge is 0.496 e. The maximum absolute atomic E-state index is 11.8. The van der Waals surface area contributed by atoms with E-state index in [-0.39, 0.29) is 5.91 Å². The molecule has 0 aromatic heterocycles. The van der Waals surface area contributed by atoms with Crippen molar-refractivity contribution in [3.8, 4) is 5.75 Å². The van der Waals surface area contributed by atoms with Gasteiger partial charge in [-0.15, -0.1) is 0 Å². The molecule has 0 aliphatic rings. The van der Waals surface area contributed by atoms with Gasteiger partial charge < -0.3 is 15.4 Å². The van der Waals surface area contributed by atoms with Crippen molar-refractivity contribution in [1.29, 1.82) is 0 Å². The minimum absolute atomic E-state index is 0.136. The zero-order chi connectivity index (χ0) is 14.4. The van der Waals surface area contributed by atoms with Crippen molar-refractivity contribution in [2.24, 2.45) is 5.73 Å². The van der Waals surface area contributed by atoms with E-state index in [1.54, 1.807) is 12.0 Å². The first kappa shape index (κ1) is 15.5. The average molecular weight is 264 g/mol. The molecule has 0 heterocycles. The smallest absolute Gasteiger partial charge is 0.222 e. The van der Waals surface area contributed by atoms with Gasteiger partial charge in [0.2, 0.25) is 5.91 Å². The van der Waals surface area contributed by atoms with Gasteiger partial charge in [0, 0.05) is 20.0 Å². The van der Waals surface area contributed by atoms with E-state index in [1.165, 1.54) is 0 Å². The van der Waals surface area contributed by atoms with Gasteiger partial charge in [0.1, 0.15) is 5.75 Å². The lowest BCUT2D eigenvalue weighted by Gasteiger charge is -2.19. The number of benzene rings is 1. The Morgan fingerprint density at radius 1 is 1.32 bits per heavy atom. The molecular formula is C15H24N2O2. The van der Waals surface area contributed by atoms with E-state index < -0.39 is 0 Å². The average Bonchev–Trinajstić information content (AvgIpc) is 2.35. The number of rotatable bonds is 6. The molecule has 2 N–H and O–H groups in total. The van der Waals surface area contributed by atoms with Crippen LogP contribution < -0.4 is 10.5 Å². The Morgan fingerprint density at radius 3 is 2.37 bits per heavy atom. The van der Waals surface area contributed by atoms with Crippen LogP contribution in [0.25, 0.3) is 0 Å². The number of hydrogen-bond acceptors (Lipinski definition) is 3. The fraction of sp³-hybridized carbons (Fsp3) is 0.533. The van der Waals surface area contributed by atoms with Crippen molar-refractivity contribution in [3.05, 3.63) is 28.8 Å². The number of nitrogens with zero attached hydrogens (tertiary/aromatic N) is 1. The number of carbonyl (C=O) groups excluding carboxylic acids is 1. The fourth-order valence-electron chi connectivity index (χ4n) is 2.26. The second-order valence-electron chi connectivity index (χ2n) is 4.90. The number of ether oxygens (including phenoxy) is 1. The molecular weight excluding hydrogens is 240 g/mol. The van der Waals surface area contributed by atoms with Gasteiger partial charge in [0.25, 0.3) is 0 Å². The summed E-state index contributed by atoms with van der Waals surface area (Å²) in [5.41, 5.74) is 8.74. The van der Waals surface area contributed by atoms with Crippen LogP contribution in [-0.4, -0.2) is 31.5 Å². The standard InChI is InChI=1S/C15H24N2O2/c1-11-8-13(9-12(2)15(11)19-4)10-17(3)14(18)6-5-7-16/h8-9H,5-7,10,16H2,1-4H3. The highest BCUT2D eigenvalue weighted by molar-refractivity contribution is 5.75. The quantitative estimate of drug-likeness (QED) is 0.855. The number of carbonyl (C=O) groups is 1. The van der Waals surface area contributed by atoms with Gasteiger partial charge in [-0.1, -0.05) is 12.1 Å². The molecule has 0 radical (unpaired) electrons. The van der Waals surface area contributed by atoms with Crippen molar-refractivity contribution < 1.29 is 9.53 Å². The summed E-state index contributed by atoms with van der Waals surface area (Å²) in [4.78, 5) is 13.6. The zero-order valence-electron chi connectivity index (χ0n) is 12.3. The number of methoxy groups -OCH3 is 1. The van der Waals surface area contributed by atoms with Crippen molar-refractivity contribution in [2.45, 2.75) is 33.2 Å². The van der Waals surface area contributed by atoms with Crippen LogP contribution in [0.1, 0.15) is 29.5 Å². The van der Waals surface area contributed by atoms with Gasteiger partial charge in [0.15, 0.2) is 0 Å². The Kier molecular flexibility index (Phi) is 5.83. The van der Waals surface area contributed by atoms with Crippen LogP contribution in [0, 0.1) is 13.8 Å². The monoisotopic (exact) mass is 264 g/mol. The van der Waals surface area contributed by atoms with Crippen molar-refractivity contribution in [2.75, 3.05) is 20.7 Å². The Labute approximate surface area is 115 Å². The van der Waals surface area contributed by atoms with E-state index in [0.29, 0.717) is 19.5 Å². The van der Waals surface area contributed by atoms with Gasteiger partial charge in [-0.05, 0) is 43.5 Å². The highest BCUT2D eigenvalue weighted by Crippen LogP contribution is 2.24. The van der Waals surface area contributed by atoms with Gasteiger partial charge in [0.05, 0.1) is 7.11 Å². The molecule has 0 aliphatic carbocycles. The predicted octanol–water partition coefficient (Wildman–Crippen LogP) is 2.01. The summed E-state index contributed by atoms with van der Waals surface area (Å²) in [5.74, 6) is 1.05. The molecule has 106 valence electrons. The zero-order valence-corrected chi connectivity index (χ0v) is 12.3. The van der Waals surface area contributed by atoms with Crippen molar-refractivity contribution in [1.82, 2.24) is 4.90 Å². The Morgan fingerprint density at radius 2 is 1.89 bits per heavy atom. The minimum Gasteiger partial charge on any atom is -0.496 e. The van der Waals surface area contributed by atoms with Crippen LogP contribution in [0.3, 0.4) is 0 Å². The van der Waals surface area contributed by atoms with Crippen molar-refractivity contribution in [3.63, 3.8) is 0 Å². The number of nitrogens with two attached hydrogens (primary N) is 1. The van der Waals surface area contributed by atoms with E-state index in [9.17, 15) is 4.79 Å². The summed E-state index contributed by atoms with van der Waals surface area (Å²) in [6.45, 7) is 5.21. The van der Waals surface area contributed by atoms with Crippen LogP contribution in [0.5, 0.6) is 5.75 Å². The Bertz CT molecular complexity index is 421. The first-order chi connectivity index (χ1) is 8.99. The Hall–Kier alpha value is -1.55. The second-order valence-corrected chi connectivity index (χ2v) is 4.90. The fourth-order valence-corrected chi connectivity index (χ4v) is 2.26. The normalized spacial score (nSPS) is 10.4. The highest BCUT2D eigenvalue weighted by Gasteiger charge is 2.11. The van der Waals surface area contributed by atoms with Gasteiger partial charge in [-0.2, -0.15) is 0 Å². The van der Waals surface area contributed by atoms with E-state index in [1.807, 2.05) is 20.9 Å². The maximum atomic E-state index is 11.8. The first-order valence-corrected chi connectivity index (χ1v) is 6.57. The molecule has 0 aliphatic heterocycles. The van der Waals surface area contributed by atoms with Crippen LogP contribution in [0.2, 0.25) is 0 Å². The van der Waals surface area contributed by atoms with E-state index in [4.69, 9.17) is 10.5 Å². The molecule has 0 unspecified atom stereocenters.